The van der Waals surface area contributed by atoms with Crippen molar-refractivity contribution in [3.63, 3.8) is 0 Å². The lowest BCUT2D eigenvalue weighted by atomic mass is 10.0. The Labute approximate surface area is 101 Å². The first-order valence-corrected chi connectivity index (χ1v) is 5.91. The maximum absolute atomic E-state index is 10.3. The van der Waals surface area contributed by atoms with Gasteiger partial charge in [-0.05, 0) is 24.5 Å². The van der Waals surface area contributed by atoms with Crippen LogP contribution in [0.25, 0.3) is 0 Å². The van der Waals surface area contributed by atoms with Gasteiger partial charge in [0.25, 0.3) is 0 Å². The molecule has 0 amide bonds. The number of aryl methyl sites for hydroxylation is 2. The molecule has 4 heteroatoms. The Hall–Kier alpha value is -1.68. The summed E-state index contributed by atoms with van der Waals surface area (Å²) in [6, 6.07) is 7.99. The summed E-state index contributed by atoms with van der Waals surface area (Å²) in [6.45, 7) is 4.80. The summed E-state index contributed by atoms with van der Waals surface area (Å²) < 4.78 is 1.71. The molecule has 4 nitrogen and oxygen atoms in total. The zero-order chi connectivity index (χ0) is 12.3. The van der Waals surface area contributed by atoms with Crippen LogP contribution in [0.3, 0.4) is 0 Å². The molecule has 1 heterocycles. The molecule has 0 aliphatic rings. The van der Waals surface area contributed by atoms with Gasteiger partial charge < -0.3 is 5.11 Å². The lowest BCUT2D eigenvalue weighted by molar-refractivity contribution is 0.208. The number of benzene rings is 1. The van der Waals surface area contributed by atoms with Crippen molar-refractivity contribution in [1.29, 1.82) is 0 Å². The molecule has 1 N–H and O–H groups in total. The molecule has 2 rings (SSSR count). The first-order chi connectivity index (χ1) is 8.26. The van der Waals surface area contributed by atoms with Crippen LogP contribution in [-0.2, 0) is 13.0 Å². The molecule has 0 radical (unpaired) electrons. The monoisotopic (exact) mass is 231 g/mol. The molecule has 1 aromatic carbocycles. The van der Waals surface area contributed by atoms with Gasteiger partial charge in [-0.1, -0.05) is 36.4 Å². The second-order valence-electron chi connectivity index (χ2n) is 3.97. The first-order valence-electron chi connectivity index (χ1n) is 5.91. The van der Waals surface area contributed by atoms with E-state index in [4.69, 9.17) is 0 Å². The number of hydrogen-bond donors (Lipinski definition) is 1. The van der Waals surface area contributed by atoms with Crippen LogP contribution in [0.5, 0.6) is 0 Å². The van der Waals surface area contributed by atoms with Crippen LogP contribution in [0.2, 0.25) is 0 Å². The highest BCUT2D eigenvalue weighted by molar-refractivity contribution is 5.28. The van der Waals surface area contributed by atoms with E-state index in [1.165, 1.54) is 5.56 Å². The summed E-state index contributed by atoms with van der Waals surface area (Å²) in [5.41, 5.74) is 2.87. The maximum atomic E-state index is 10.3. The number of nitrogens with zero attached hydrogens (tertiary/aromatic N) is 3. The minimum absolute atomic E-state index is 0.657. The summed E-state index contributed by atoms with van der Waals surface area (Å²) in [7, 11) is 0. The second-order valence-corrected chi connectivity index (χ2v) is 3.97. The molecule has 1 aromatic heterocycles. The molecular weight excluding hydrogens is 214 g/mol. The van der Waals surface area contributed by atoms with E-state index in [-0.39, 0.29) is 0 Å². The Bertz CT molecular complexity index is 476. The van der Waals surface area contributed by atoms with E-state index >= 15 is 0 Å². The van der Waals surface area contributed by atoms with Gasteiger partial charge in [0.05, 0.1) is 11.9 Å². The third kappa shape index (κ3) is 2.36. The highest BCUT2D eigenvalue weighted by Crippen LogP contribution is 2.21. The Morgan fingerprint density at radius 1 is 1.24 bits per heavy atom. The lowest BCUT2D eigenvalue weighted by Crippen LogP contribution is -2.09. The number of rotatable bonds is 4. The van der Waals surface area contributed by atoms with Crippen LogP contribution in [0.15, 0.2) is 30.5 Å². The number of aliphatic hydroxyl groups excluding tert-OH is 1. The van der Waals surface area contributed by atoms with E-state index < -0.39 is 6.10 Å². The summed E-state index contributed by atoms with van der Waals surface area (Å²) >= 11 is 0. The van der Waals surface area contributed by atoms with Gasteiger partial charge in [0.1, 0.15) is 6.10 Å². The van der Waals surface area contributed by atoms with E-state index in [0.29, 0.717) is 6.54 Å². The van der Waals surface area contributed by atoms with Gasteiger partial charge in [0.15, 0.2) is 0 Å². The zero-order valence-corrected chi connectivity index (χ0v) is 10.2. The molecule has 0 saturated carbocycles. The molecule has 0 fully saturated rings. The number of hydrogen-bond acceptors (Lipinski definition) is 3. The molecule has 0 saturated heterocycles. The second kappa shape index (κ2) is 5.10. The summed E-state index contributed by atoms with van der Waals surface area (Å²) in [4.78, 5) is 0. The van der Waals surface area contributed by atoms with Crippen molar-refractivity contribution < 1.29 is 5.11 Å². The van der Waals surface area contributed by atoms with Crippen LogP contribution in [0.4, 0.5) is 0 Å². The van der Waals surface area contributed by atoms with Crippen molar-refractivity contribution in [1.82, 2.24) is 15.0 Å². The minimum atomic E-state index is -0.657. The molecule has 0 aliphatic heterocycles. The van der Waals surface area contributed by atoms with Crippen LogP contribution in [0.1, 0.15) is 36.8 Å². The molecule has 0 spiro atoms. The molecule has 17 heavy (non-hydrogen) atoms. The normalized spacial score (nSPS) is 12.6. The predicted octanol–water partition coefficient (Wildman–Crippen LogP) is 1.94. The largest absolute Gasteiger partial charge is 0.382 e. The summed E-state index contributed by atoms with van der Waals surface area (Å²) in [5, 5.41) is 18.0. The van der Waals surface area contributed by atoms with E-state index in [9.17, 15) is 5.11 Å². The summed E-state index contributed by atoms with van der Waals surface area (Å²) in [6.07, 6.45) is 1.96. The van der Waals surface area contributed by atoms with Crippen molar-refractivity contribution in [2.24, 2.45) is 0 Å². The number of aliphatic hydroxyl groups is 1. The zero-order valence-electron chi connectivity index (χ0n) is 10.2. The molecule has 1 atom stereocenters. The SMILES string of the molecule is CCc1ccc(C(O)c2cnnn2CC)cc1. The Balaban J connectivity index is 2.27. The van der Waals surface area contributed by atoms with Crippen molar-refractivity contribution in [2.45, 2.75) is 32.9 Å². The molecule has 2 aromatic rings. The molecule has 0 aliphatic carbocycles. The van der Waals surface area contributed by atoms with E-state index in [1.54, 1.807) is 10.9 Å². The molecule has 90 valence electrons. The van der Waals surface area contributed by atoms with Crippen molar-refractivity contribution in [3.05, 3.63) is 47.3 Å². The maximum Gasteiger partial charge on any atom is 0.122 e. The first kappa shape index (κ1) is 11.8. The molecule has 0 bridgehead atoms. The van der Waals surface area contributed by atoms with Crippen LogP contribution in [-0.4, -0.2) is 20.1 Å². The van der Waals surface area contributed by atoms with Crippen LogP contribution < -0.4 is 0 Å². The highest BCUT2D eigenvalue weighted by Gasteiger charge is 2.15. The van der Waals surface area contributed by atoms with E-state index in [1.807, 2.05) is 31.2 Å². The average Bonchev–Trinajstić information content (AvgIpc) is 2.86. The fraction of sp³-hybridized carbons (Fsp3) is 0.385. The molecular formula is C13H17N3O. The average molecular weight is 231 g/mol. The quantitative estimate of drug-likeness (QED) is 0.875. The predicted molar refractivity (Wildman–Crippen MR) is 65.6 cm³/mol. The highest BCUT2D eigenvalue weighted by atomic mass is 16.3. The minimum Gasteiger partial charge on any atom is -0.382 e. The van der Waals surface area contributed by atoms with Crippen LogP contribution >= 0.6 is 0 Å². The van der Waals surface area contributed by atoms with Gasteiger partial charge in [-0.3, -0.25) is 0 Å². The van der Waals surface area contributed by atoms with Gasteiger partial charge in [0, 0.05) is 6.54 Å². The standard InChI is InChI=1S/C13H17N3O/c1-3-10-5-7-11(8-6-10)13(17)12-9-14-15-16(12)4-2/h5-9,13,17H,3-4H2,1-2H3. The van der Waals surface area contributed by atoms with Crippen molar-refractivity contribution >= 4 is 0 Å². The lowest BCUT2D eigenvalue weighted by Gasteiger charge is -2.12. The third-order valence-corrected chi connectivity index (χ3v) is 2.93. The summed E-state index contributed by atoms with van der Waals surface area (Å²) in [5.74, 6) is 0. The van der Waals surface area contributed by atoms with Crippen molar-refractivity contribution in [2.75, 3.05) is 0 Å². The Kier molecular flexibility index (Phi) is 3.54. The fourth-order valence-electron chi connectivity index (χ4n) is 1.83. The smallest absolute Gasteiger partial charge is 0.122 e. The van der Waals surface area contributed by atoms with Gasteiger partial charge in [-0.2, -0.15) is 0 Å². The fourth-order valence-corrected chi connectivity index (χ4v) is 1.83. The Morgan fingerprint density at radius 2 is 1.94 bits per heavy atom. The molecule has 1 unspecified atom stereocenters. The van der Waals surface area contributed by atoms with Crippen LogP contribution in [0, 0.1) is 0 Å². The third-order valence-electron chi connectivity index (χ3n) is 2.93. The Morgan fingerprint density at radius 3 is 2.53 bits per heavy atom. The topological polar surface area (TPSA) is 50.9 Å². The van der Waals surface area contributed by atoms with E-state index in [0.717, 1.165) is 17.7 Å². The van der Waals surface area contributed by atoms with Gasteiger partial charge in [-0.15, -0.1) is 5.10 Å². The van der Waals surface area contributed by atoms with Gasteiger partial charge >= 0.3 is 0 Å². The van der Waals surface area contributed by atoms with Gasteiger partial charge in [-0.25, -0.2) is 4.68 Å². The van der Waals surface area contributed by atoms with Crippen molar-refractivity contribution in [3.8, 4) is 0 Å². The van der Waals surface area contributed by atoms with Gasteiger partial charge in [0.2, 0.25) is 0 Å². The van der Waals surface area contributed by atoms with E-state index in [2.05, 4.69) is 17.2 Å². The number of aromatic nitrogens is 3.